The summed E-state index contributed by atoms with van der Waals surface area (Å²) in [6.45, 7) is 9.37. The van der Waals surface area contributed by atoms with E-state index in [4.69, 9.17) is 0 Å². The van der Waals surface area contributed by atoms with Gasteiger partial charge in [0.1, 0.15) is 7.05 Å². The van der Waals surface area contributed by atoms with Gasteiger partial charge in [-0.2, -0.15) is 0 Å². The number of benzene rings is 2. The molecule has 4 rings (SSSR count). The van der Waals surface area contributed by atoms with Crippen molar-refractivity contribution in [1.82, 2.24) is 0 Å². The maximum atomic E-state index is 2.61. The summed E-state index contributed by atoms with van der Waals surface area (Å²) in [5.41, 5.74) is 6.96. The second kappa shape index (κ2) is 7.48. The fourth-order valence-electron chi connectivity index (χ4n) is 5.09. The molecule has 0 radical (unpaired) electrons. The molecule has 0 unspecified atom stereocenters. The first-order chi connectivity index (χ1) is 13.4. The van der Waals surface area contributed by atoms with Crippen LogP contribution >= 0.6 is 0 Å². The molecular weight excluding hydrogens is 354 g/mol. The van der Waals surface area contributed by atoms with Crippen molar-refractivity contribution in [3.8, 4) is 11.3 Å². The van der Waals surface area contributed by atoms with Crippen LogP contribution in [0.15, 0.2) is 42.6 Å². The van der Waals surface area contributed by atoms with Gasteiger partial charge in [0.05, 0.1) is 19.0 Å². The van der Waals surface area contributed by atoms with E-state index in [1.807, 2.05) is 0 Å². The molecule has 0 N–H and O–H groups in total. The van der Waals surface area contributed by atoms with Gasteiger partial charge < -0.3 is 0 Å². The van der Waals surface area contributed by atoms with Crippen molar-refractivity contribution in [2.45, 2.75) is 65.1 Å². The summed E-state index contributed by atoms with van der Waals surface area (Å²) in [7, 11) is 0.906. The first-order valence-electron chi connectivity index (χ1n) is 11.0. The van der Waals surface area contributed by atoms with Crippen molar-refractivity contribution in [1.29, 1.82) is 0 Å². The number of aromatic nitrogens is 1. The van der Waals surface area contributed by atoms with E-state index in [9.17, 15) is 0 Å². The molecule has 1 fully saturated rings. The van der Waals surface area contributed by atoms with E-state index < -0.39 is 8.07 Å². The van der Waals surface area contributed by atoms with Crippen molar-refractivity contribution < 1.29 is 4.57 Å². The van der Waals surface area contributed by atoms with Gasteiger partial charge in [0, 0.05) is 6.07 Å². The fraction of sp³-hybridized carbons (Fsp3) is 0.423. The second-order valence-corrected chi connectivity index (χ2v) is 13.8. The highest BCUT2D eigenvalue weighted by molar-refractivity contribution is 6.91. The Balaban J connectivity index is 1.91. The number of hydrogen-bond acceptors (Lipinski definition) is 0. The summed E-state index contributed by atoms with van der Waals surface area (Å²) in [5.74, 6) is 0. The Labute approximate surface area is 171 Å². The van der Waals surface area contributed by atoms with Crippen LogP contribution in [0.1, 0.15) is 42.9 Å². The lowest BCUT2D eigenvalue weighted by atomic mass is 9.93. The predicted molar refractivity (Wildman–Crippen MR) is 124 cm³/mol. The smallest absolute Gasteiger partial charge is 0.200 e. The maximum Gasteiger partial charge on any atom is 0.220 e. The number of rotatable bonds is 3. The molecule has 146 valence electrons. The normalized spacial score (nSPS) is 16.5. The average molecular weight is 389 g/mol. The first kappa shape index (κ1) is 19.4. The monoisotopic (exact) mass is 388 g/mol. The van der Waals surface area contributed by atoms with Crippen LogP contribution in [0.3, 0.4) is 0 Å². The Morgan fingerprint density at radius 3 is 2.43 bits per heavy atom. The molecule has 1 aromatic heterocycles. The Hall–Kier alpha value is -1.93. The van der Waals surface area contributed by atoms with Gasteiger partial charge in [-0.15, -0.1) is 0 Å². The van der Waals surface area contributed by atoms with Gasteiger partial charge in [-0.3, -0.25) is 0 Å². The van der Waals surface area contributed by atoms with E-state index in [2.05, 4.69) is 81.5 Å². The predicted octanol–water partition coefficient (Wildman–Crippen LogP) is 5.98. The van der Waals surface area contributed by atoms with E-state index in [0.717, 1.165) is 6.42 Å². The lowest BCUT2D eigenvalue weighted by molar-refractivity contribution is -0.659. The van der Waals surface area contributed by atoms with Gasteiger partial charge >= 0.3 is 0 Å². The quantitative estimate of drug-likeness (QED) is 0.384. The highest BCUT2D eigenvalue weighted by atomic mass is 28.3. The molecule has 0 saturated carbocycles. The van der Waals surface area contributed by atoms with Crippen LogP contribution in [0.25, 0.3) is 22.0 Å². The minimum absolute atomic E-state index is 1.08. The van der Waals surface area contributed by atoms with Crippen molar-refractivity contribution in [3.63, 3.8) is 0 Å². The lowest BCUT2D eigenvalue weighted by Gasteiger charge is -2.32. The standard InChI is InChI=1S/C26H34NSi/c1-6-21-16-19(2)20(3)25(17-21)26-24-11-10-23(18-22(24)12-13-27(26)4)28(5)14-8-7-9-15-28/h10-13,16-18H,6-9,14-15H2,1-5H3/q+1. The second-order valence-electron chi connectivity index (χ2n) is 9.14. The number of hydrogen-bond donors (Lipinski definition) is 0. The van der Waals surface area contributed by atoms with E-state index in [-0.39, 0.29) is 0 Å². The van der Waals surface area contributed by atoms with E-state index >= 15 is 0 Å². The first-order valence-corrected chi connectivity index (χ1v) is 13.9. The molecule has 1 nitrogen and oxygen atoms in total. The van der Waals surface area contributed by atoms with E-state index in [0.29, 0.717) is 0 Å². The summed E-state index contributed by atoms with van der Waals surface area (Å²) < 4.78 is 2.31. The lowest BCUT2D eigenvalue weighted by Crippen LogP contribution is -2.45. The zero-order valence-electron chi connectivity index (χ0n) is 18.2. The molecule has 2 heterocycles. The zero-order valence-corrected chi connectivity index (χ0v) is 19.2. The van der Waals surface area contributed by atoms with Gasteiger partial charge in [0.15, 0.2) is 6.20 Å². The molecular formula is C26H34NSi+. The van der Waals surface area contributed by atoms with Crippen molar-refractivity contribution in [2.75, 3.05) is 0 Å². The molecule has 0 atom stereocenters. The van der Waals surface area contributed by atoms with E-state index in [1.54, 1.807) is 5.19 Å². The van der Waals surface area contributed by atoms with Crippen LogP contribution in [0.5, 0.6) is 0 Å². The summed E-state index contributed by atoms with van der Waals surface area (Å²) in [6, 6.07) is 17.4. The Bertz CT molecular complexity index is 1030. The minimum Gasteiger partial charge on any atom is -0.200 e. The number of nitrogens with zero attached hydrogens (tertiary/aromatic N) is 1. The number of pyridine rings is 1. The van der Waals surface area contributed by atoms with Crippen LogP contribution in [0, 0.1) is 13.8 Å². The number of aryl methyl sites for hydroxylation is 3. The molecule has 2 heteroatoms. The van der Waals surface area contributed by atoms with Crippen LogP contribution < -0.4 is 9.75 Å². The zero-order chi connectivity index (χ0) is 19.9. The van der Waals surface area contributed by atoms with Gasteiger partial charge in [-0.25, -0.2) is 4.57 Å². The molecule has 0 aliphatic carbocycles. The van der Waals surface area contributed by atoms with Crippen molar-refractivity contribution in [3.05, 3.63) is 59.3 Å². The molecule has 0 bridgehead atoms. The highest BCUT2D eigenvalue weighted by Crippen LogP contribution is 2.32. The van der Waals surface area contributed by atoms with E-state index in [1.165, 1.54) is 70.1 Å². The fourth-order valence-corrected chi connectivity index (χ4v) is 8.97. The third-order valence-electron chi connectivity index (χ3n) is 7.18. The van der Waals surface area contributed by atoms with Crippen LogP contribution in [-0.4, -0.2) is 8.07 Å². The maximum absolute atomic E-state index is 2.61. The topological polar surface area (TPSA) is 3.88 Å². The summed E-state index contributed by atoms with van der Waals surface area (Å²) >= 11 is 0. The third kappa shape index (κ3) is 3.32. The largest absolute Gasteiger partial charge is 0.220 e. The van der Waals surface area contributed by atoms with Gasteiger partial charge in [0.2, 0.25) is 5.69 Å². The third-order valence-corrected chi connectivity index (χ3v) is 11.8. The molecule has 3 aromatic rings. The summed E-state index contributed by atoms with van der Waals surface area (Å²) in [4.78, 5) is 0. The highest BCUT2D eigenvalue weighted by Gasteiger charge is 2.31. The molecule has 1 saturated heterocycles. The van der Waals surface area contributed by atoms with Crippen LogP contribution in [-0.2, 0) is 13.5 Å². The Morgan fingerprint density at radius 2 is 1.71 bits per heavy atom. The molecule has 2 aromatic carbocycles. The molecule has 28 heavy (non-hydrogen) atoms. The summed E-state index contributed by atoms with van der Waals surface area (Å²) in [5, 5.41) is 4.46. The van der Waals surface area contributed by atoms with Gasteiger partial charge in [0.25, 0.3) is 0 Å². The Morgan fingerprint density at radius 1 is 0.964 bits per heavy atom. The van der Waals surface area contributed by atoms with Crippen molar-refractivity contribution in [2.24, 2.45) is 7.05 Å². The molecule has 1 aliphatic heterocycles. The molecule has 0 spiro atoms. The van der Waals surface area contributed by atoms with Gasteiger partial charge in [-0.05, 0) is 54.5 Å². The summed E-state index contributed by atoms with van der Waals surface area (Å²) in [6.07, 6.45) is 7.62. The minimum atomic E-state index is -1.28. The van der Waals surface area contributed by atoms with Crippen molar-refractivity contribution >= 4 is 24.0 Å². The van der Waals surface area contributed by atoms with Gasteiger partial charge in [-0.1, -0.05) is 68.2 Å². The average Bonchev–Trinajstić information content (AvgIpc) is 2.70. The number of fused-ring (bicyclic) bond motifs is 1. The molecule has 1 aliphatic rings. The van der Waals surface area contributed by atoms with Crippen LogP contribution in [0.4, 0.5) is 0 Å². The van der Waals surface area contributed by atoms with Crippen LogP contribution in [0.2, 0.25) is 18.6 Å². The SMILES string of the molecule is CCc1cc(C)c(C)c(-c2c3ccc([Si]4(C)CCCCC4)cc3cc[n+]2C)c1. The Kier molecular flexibility index (Phi) is 5.18. The molecule has 0 amide bonds.